The highest BCUT2D eigenvalue weighted by Crippen LogP contribution is 2.34. The first-order valence-electron chi connectivity index (χ1n) is 7.85. The lowest BCUT2D eigenvalue weighted by Crippen LogP contribution is -2.58. The van der Waals surface area contributed by atoms with E-state index >= 15 is 0 Å². The summed E-state index contributed by atoms with van der Waals surface area (Å²) in [6.45, 7) is 8.60. The van der Waals surface area contributed by atoms with Crippen LogP contribution in [0.25, 0.3) is 0 Å². The van der Waals surface area contributed by atoms with Crippen molar-refractivity contribution in [2.45, 2.75) is 70.5 Å². The van der Waals surface area contributed by atoms with Crippen LogP contribution in [-0.4, -0.2) is 46.1 Å². The van der Waals surface area contributed by atoms with Crippen molar-refractivity contribution in [1.82, 2.24) is 10.6 Å². The Morgan fingerprint density at radius 3 is 2.27 bits per heavy atom. The molecule has 128 valence electrons. The second-order valence-electron chi connectivity index (χ2n) is 7.61. The number of thioether (sulfide) groups is 1. The van der Waals surface area contributed by atoms with Gasteiger partial charge < -0.3 is 15.7 Å². The van der Waals surface area contributed by atoms with Crippen LogP contribution in [-0.2, 0) is 9.59 Å². The molecule has 1 aliphatic heterocycles. The van der Waals surface area contributed by atoms with Crippen molar-refractivity contribution in [1.29, 1.82) is 0 Å². The first kappa shape index (κ1) is 19.3. The monoisotopic (exact) mass is 330 g/mol. The summed E-state index contributed by atoms with van der Waals surface area (Å²) in [6.07, 6.45) is 4.64. The van der Waals surface area contributed by atoms with Crippen LogP contribution in [0.4, 0.5) is 0 Å². The van der Waals surface area contributed by atoms with Crippen LogP contribution in [0.5, 0.6) is 0 Å². The van der Waals surface area contributed by atoms with E-state index in [1.807, 2.05) is 6.26 Å². The largest absolute Gasteiger partial charge is 0.480 e. The summed E-state index contributed by atoms with van der Waals surface area (Å²) in [5, 5.41) is 15.5. The minimum Gasteiger partial charge on any atom is -0.480 e. The van der Waals surface area contributed by atoms with E-state index in [0.717, 1.165) is 18.6 Å². The van der Waals surface area contributed by atoms with Crippen molar-refractivity contribution in [2.75, 3.05) is 12.0 Å². The average Bonchev–Trinajstić information content (AvgIpc) is 2.29. The average molecular weight is 330 g/mol. The van der Waals surface area contributed by atoms with E-state index in [9.17, 15) is 14.7 Å². The summed E-state index contributed by atoms with van der Waals surface area (Å²) < 4.78 is 0. The third-order valence-corrected chi connectivity index (χ3v) is 4.64. The van der Waals surface area contributed by atoms with Gasteiger partial charge in [0.2, 0.25) is 5.91 Å². The van der Waals surface area contributed by atoms with E-state index in [2.05, 4.69) is 38.3 Å². The SMILES string of the molecule is CSCCC(NC(=O)CC1CC(C)(C)NC(C)(C)C1)C(=O)O. The highest BCUT2D eigenvalue weighted by Gasteiger charge is 2.38. The fraction of sp³-hybridized carbons (Fsp3) is 0.875. The summed E-state index contributed by atoms with van der Waals surface area (Å²) in [6, 6.07) is -0.775. The van der Waals surface area contributed by atoms with E-state index in [0.29, 0.717) is 12.8 Å². The molecule has 0 radical (unpaired) electrons. The van der Waals surface area contributed by atoms with E-state index in [4.69, 9.17) is 0 Å². The van der Waals surface area contributed by atoms with Gasteiger partial charge in [-0.3, -0.25) is 4.79 Å². The highest BCUT2D eigenvalue weighted by molar-refractivity contribution is 7.98. The lowest BCUT2D eigenvalue weighted by atomic mass is 9.74. The van der Waals surface area contributed by atoms with Crippen molar-refractivity contribution < 1.29 is 14.7 Å². The summed E-state index contributed by atoms with van der Waals surface area (Å²) in [4.78, 5) is 23.4. The van der Waals surface area contributed by atoms with Crippen molar-refractivity contribution in [2.24, 2.45) is 5.92 Å². The molecule has 0 aromatic heterocycles. The Bertz CT molecular complexity index is 394. The molecule has 0 bridgehead atoms. The van der Waals surface area contributed by atoms with Gasteiger partial charge in [0.15, 0.2) is 0 Å². The van der Waals surface area contributed by atoms with Gasteiger partial charge in [-0.2, -0.15) is 11.8 Å². The molecule has 1 atom stereocenters. The first-order chi connectivity index (χ1) is 10.0. The van der Waals surface area contributed by atoms with Crippen molar-refractivity contribution in [3.8, 4) is 0 Å². The lowest BCUT2D eigenvalue weighted by Gasteiger charge is -2.46. The maximum absolute atomic E-state index is 12.2. The zero-order valence-electron chi connectivity index (χ0n) is 14.4. The minimum atomic E-state index is -0.951. The maximum atomic E-state index is 12.2. The van der Waals surface area contributed by atoms with E-state index < -0.39 is 12.0 Å². The molecule has 1 fully saturated rings. The van der Waals surface area contributed by atoms with Gasteiger partial charge in [-0.1, -0.05) is 0 Å². The van der Waals surface area contributed by atoms with Crippen molar-refractivity contribution in [3.05, 3.63) is 0 Å². The number of carbonyl (C=O) groups excluding carboxylic acids is 1. The molecule has 1 saturated heterocycles. The van der Waals surface area contributed by atoms with Crippen LogP contribution in [0.15, 0.2) is 0 Å². The molecule has 1 amide bonds. The summed E-state index contributed by atoms with van der Waals surface area (Å²) in [5.74, 6) is -0.0911. The van der Waals surface area contributed by atoms with Gasteiger partial charge in [-0.05, 0) is 64.9 Å². The fourth-order valence-corrected chi connectivity index (χ4v) is 4.16. The number of hydrogen-bond acceptors (Lipinski definition) is 4. The number of piperidine rings is 1. The molecule has 0 aliphatic carbocycles. The fourth-order valence-electron chi connectivity index (χ4n) is 3.69. The maximum Gasteiger partial charge on any atom is 0.326 e. The Kier molecular flexibility index (Phi) is 6.74. The number of carboxylic acids is 1. The van der Waals surface area contributed by atoms with Crippen LogP contribution >= 0.6 is 11.8 Å². The Labute approximate surface area is 138 Å². The molecule has 0 aromatic rings. The molecule has 0 saturated carbocycles. The van der Waals surface area contributed by atoms with Gasteiger partial charge in [0.25, 0.3) is 0 Å². The second kappa shape index (κ2) is 7.68. The number of hydrogen-bond donors (Lipinski definition) is 3. The molecule has 1 heterocycles. The molecule has 3 N–H and O–H groups in total. The molecular formula is C16H30N2O3S. The van der Waals surface area contributed by atoms with Gasteiger partial charge >= 0.3 is 5.97 Å². The number of carboxylic acid groups (broad SMARTS) is 1. The number of amides is 1. The third-order valence-electron chi connectivity index (χ3n) is 3.99. The Hall–Kier alpha value is -0.750. The number of aliphatic carboxylic acids is 1. The van der Waals surface area contributed by atoms with E-state index in [-0.39, 0.29) is 22.9 Å². The van der Waals surface area contributed by atoms with Crippen molar-refractivity contribution >= 4 is 23.6 Å². The number of carbonyl (C=O) groups is 2. The van der Waals surface area contributed by atoms with E-state index in [1.54, 1.807) is 11.8 Å². The van der Waals surface area contributed by atoms with Crippen LogP contribution in [0.1, 0.15) is 53.4 Å². The van der Waals surface area contributed by atoms with Crippen LogP contribution in [0.2, 0.25) is 0 Å². The number of nitrogens with one attached hydrogen (secondary N) is 2. The Balaban J connectivity index is 2.57. The zero-order chi connectivity index (χ0) is 17.0. The normalized spacial score (nSPS) is 22.0. The molecule has 1 aliphatic rings. The highest BCUT2D eigenvalue weighted by atomic mass is 32.2. The predicted molar refractivity (Wildman–Crippen MR) is 91.2 cm³/mol. The van der Waals surface area contributed by atoms with Gasteiger partial charge in [0.1, 0.15) is 6.04 Å². The zero-order valence-corrected chi connectivity index (χ0v) is 15.2. The Morgan fingerprint density at radius 2 is 1.82 bits per heavy atom. The molecule has 0 spiro atoms. The number of rotatable bonds is 7. The lowest BCUT2D eigenvalue weighted by molar-refractivity contribution is -0.142. The smallest absolute Gasteiger partial charge is 0.326 e. The summed E-state index contributed by atoms with van der Waals surface area (Å²) >= 11 is 1.59. The topological polar surface area (TPSA) is 78.4 Å². The van der Waals surface area contributed by atoms with Gasteiger partial charge in [-0.25, -0.2) is 4.79 Å². The molecule has 0 aromatic carbocycles. The molecule has 6 heteroatoms. The molecule has 22 heavy (non-hydrogen) atoms. The van der Waals surface area contributed by atoms with Crippen LogP contribution in [0, 0.1) is 5.92 Å². The van der Waals surface area contributed by atoms with Crippen LogP contribution in [0.3, 0.4) is 0 Å². The van der Waals surface area contributed by atoms with Gasteiger partial charge in [0.05, 0.1) is 0 Å². The second-order valence-corrected chi connectivity index (χ2v) is 8.60. The molecule has 1 rings (SSSR count). The molecule has 1 unspecified atom stereocenters. The van der Waals surface area contributed by atoms with E-state index in [1.165, 1.54) is 0 Å². The first-order valence-corrected chi connectivity index (χ1v) is 9.24. The predicted octanol–water partition coefficient (Wildman–Crippen LogP) is 2.26. The standard InChI is InChI=1S/C16H30N2O3S/c1-15(2)9-11(10-16(3,4)18-15)8-13(19)17-12(14(20)21)6-7-22-5/h11-12,18H,6-10H2,1-5H3,(H,17,19)(H,20,21). The molecule has 5 nitrogen and oxygen atoms in total. The van der Waals surface area contributed by atoms with Crippen molar-refractivity contribution in [3.63, 3.8) is 0 Å². The quantitative estimate of drug-likeness (QED) is 0.667. The minimum absolute atomic E-state index is 0.00224. The third kappa shape index (κ3) is 6.57. The van der Waals surface area contributed by atoms with Crippen LogP contribution < -0.4 is 10.6 Å². The summed E-state index contributed by atoms with van der Waals surface area (Å²) in [5.41, 5.74) is -0.00447. The Morgan fingerprint density at radius 1 is 1.27 bits per heavy atom. The summed E-state index contributed by atoms with van der Waals surface area (Å²) in [7, 11) is 0. The molecular weight excluding hydrogens is 300 g/mol. The van der Waals surface area contributed by atoms with Gasteiger partial charge in [0, 0.05) is 17.5 Å². The van der Waals surface area contributed by atoms with Gasteiger partial charge in [-0.15, -0.1) is 0 Å².